The van der Waals surface area contributed by atoms with Crippen molar-refractivity contribution in [2.45, 2.75) is 91.6 Å². The number of hydrogen-bond acceptors (Lipinski definition) is 6. The minimum Gasteiger partial charge on any atom is -0.480 e. The van der Waals surface area contributed by atoms with Crippen LogP contribution in [0.1, 0.15) is 61.3 Å². The maximum Gasteiger partial charge on any atom is 0.326 e. The second-order valence-corrected chi connectivity index (χ2v) is 8.58. The molecule has 0 saturated carbocycles. The summed E-state index contributed by atoms with van der Waals surface area (Å²) in [7, 11) is 0. The Morgan fingerprint density at radius 3 is 1.39 bits per heavy atom. The Labute approximate surface area is 184 Å². The van der Waals surface area contributed by atoms with Gasteiger partial charge < -0.3 is 31.9 Å². The number of nitrogens with two attached hydrogens (primary N) is 1. The lowest BCUT2D eigenvalue weighted by Gasteiger charge is -2.30. The van der Waals surface area contributed by atoms with Crippen molar-refractivity contribution >= 4 is 23.7 Å². The first kappa shape index (κ1) is 28.8. The fraction of sp³-hybridized carbons (Fsp3) is 0.810. The molecule has 0 rings (SSSR count). The van der Waals surface area contributed by atoms with Gasteiger partial charge in [0.25, 0.3) is 0 Å². The molecule has 0 fully saturated rings. The fourth-order valence-electron chi connectivity index (χ4n) is 2.87. The van der Waals surface area contributed by atoms with E-state index in [9.17, 15) is 29.4 Å². The number of carbonyl (C=O) groups excluding carboxylic acids is 3. The van der Waals surface area contributed by atoms with E-state index in [2.05, 4.69) is 16.0 Å². The van der Waals surface area contributed by atoms with Gasteiger partial charge in [-0.2, -0.15) is 0 Å². The summed E-state index contributed by atoms with van der Waals surface area (Å²) in [6.07, 6.45) is 0.0327. The molecule has 3 amide bonds. The van der Waals surface area contributed by atoms with Crippen LogP contribution in [0.4, 0.5) is 0 Å². The lowest BCUT2D eigenvalue weighted by atomic mass is 9.94. The van der Waals surface area contributed by atoms with E-state index in [0.717, 1.165) is 0 Å². The molecule has 7 atom stereocenters. The number of carboxylic acid groups (broad SMARTS) is 1. The molecule has 10 heteroatoms. The van der Waals surface area contributed by atoms with Gasteiger partial charge in [-0.3, -0.25) is 14.4 Å². The van der Waals surface area contributed by atoms with E-state index in [1.807, 2.05) is 13.8 Å². The van der Waals surface area contributed by atoms with Crippen molar-refractivity contribution in [2.75, 3.05) is 0 Å². The van der Waals surface area contributed by atoms with Crippen molar-refractivity contribution in [3.8, 4) is 0 Å². The summed E-state index contributed by atoms with van der Waals surface area (Å²) < 4.78 is 0. The van der Waals surface area contributed by atoms with Crippen LogP contribution in [0.5, 0.6) is 0 Å². The van der Waals surface area contributed by atoms with Crippen molar-refractivity contribution < 1.29 is 29.4 Å². The van der Waals surface area contributed by atoms with E-state index < -0.39 is 54.0 Å². The SMILES string of the molecule is CCC(C)C(NC(=O)C(N)C(C)O)C(=O)NC(C(=O)NC(C(=O)O)C(C)C)C(C)CC. The molecule has 0 aliphatic rings. The first-order valence-corrected chi connectivity index (χ1v) is 10.9. The molecule has 0 aliphatic heterocycles. The molecule has 31 heavy (non-hydrogen) atoms. The molecule has 7 N–H and O–H groups in total. The van der Waals surface area contributed by atoms with Crippen LogP contribution >= 0.6 is 0 Å². The minimum absolute atomic E-state index is 0.270. The van der Waals surface area contributed by atoms with Crippen LogP contribution in [-0.4, -0.2) is 64.2 Å². The van der Waals surface area contributed by atoms with E-state index >= 15 is 0 Å². The van der Waals surface area contributed by atoms with Gasteiger partial charge in [0.15, 0.2) is 0 Å². The van der Waals surface area contributed by atoms with Gasteiger partial charge in [0.2, 0.25) is 17.7 Å². The number of carbonyl (C=O) groups is 4. The third kappa shape index (κ3) is 8.82. The van der Waals surface area contributed by atoms with Gasteiger partial charge >= 0.3 is 5.97 Å². The molecular weight excluding hydrogens is 404 g/mol. The molecule has 7 unspecified atom stereocenters. The molecule has 0 saturated heterocycles. The number of aliphatic hydroxyl groups is 1. The van der Waals surface area contributed by atoms with Gasteiger partial charge in [-0.1, -0.05) is 54.4 Å². The molecule has 0 spiro atoms. The average Bonchev–Trinajstić information content (AvgIpc) is 2.70. The van der Waals surface area contributed by atoms with Gasteiger partial charge in [0.1, 0.15) is 24.2 Å². The molecule has 0 aromatic heterocycles. The first-order chi connectivity index (χ1) is 14.3. The topological polar surface area (TPSA) is 171 Å². The quantitative estimate of drug-likeness (QED) is 0.232. The third-order valence-electron chi connectivity index (χ3n) is 5.64. The number of carboxylic acids is 1. The zero-order chi connectivity index (χ0) is 24.5. The summed E-state index contributed by atoms with van der Waals surface area (Å²) in [5.74, 6) is -3.90. The van der Waals surface area contributed by atoms with E-state index in [-0.39, 0.29) is 17.8 Å². The number of rotatable bonds is 13. The molecule has 0 heterocycles. The maximum atomic E-state index is 13.0. The Kier molecular flexibility index (Phi) is 12.3. The standard InChI is InChI=1S/C21H40N4O6/c1-8-11(5)16(24-18(27)14(22)13(7)26)20(29)25-17(12(6)9-2)19(28)23-15(10(3)4)21(30)31/h10-17,26H,8-9,22H2,1-7H3,(H,23,28)(H,24,27)(H,25,29)(H,30,31). The molecule has 0 radical (unpaired) electrons. The summed E-state index contributed by atoms with van der Waals surface area (Å²) in [5, 5.41) is 26.6. The lowest BCUT2D eigenvalue weighted by molar-refractivity contribution is -0.144. The predicted molar refractivity (Wildman–Crippen MR) is 117 cm³/mol. The third-order valence-corrected chi connectivity index (χ3v) is 5.64. The molecule has 0 aliphatic carbocycles. The van der Waals surface area contributed by atoms with Crippen molar-refractivity contribution in [2.24, 2.45) is 23.5 Å². The van der Waals surface area contributed by atoms with Crippen molar-refractivity contribution in [3.63, 3.8) is 0 Å². The van der Waals surface area contributed by atoms with E-state index in [1.54, 1.807) is 27.7 Å². The Bertz CT molecular complexity index is 625. The van der Waals surface area contributed by atoms with Crippen LogP contribution in [-0.2, 0) is 19.2 Å². The Hall–Kier alpha value is -2.20. The fourth-order valence-corrected chi connectivity index (χ4v) is 2.87. The average molecular weight is 445 g/mol. The van der Waals surface area contributed by atoms with E-state index in [0.29, 0.717) is 12.8 Å². The van der Waals surface area contributed by atoms with Gasteiger partial charge in [-0.25, -0.2) is 4.79 Å². The van der Waals surface area contributed by atoms with Crippen LogP contribution in [0.15, 0.2) is 0 Å². The van der Waals surface area contributed by atoms with E-state index in [4.69, 9.17) is 5.73 Å². The van der Waals surface area contributed by atoms with Crippen LogP contribution in [0.3, 0.4) is 0 Å². The number of hydrogen-bond donors (Lipinski definition) is 6. The first-order valence-electron chi connectivity index (χ1n) is 10.9. The number of aliphatic carboxylic acids is 1. The monoisotopic (exact) mass is 444 g/mol. The lowest BCUT2D eigenvalue weighted by Crippen LogP contribution is -2.61. The normalized spacial score (nSPS) is 18.1. The van der Waals surface area contributed by atoms with Crippen LogP contribution < -0.4 is 21.7 Å². The van der Waals surface area contributed by atoms with Gasteiger partial charge in [-0.05, 0) is 24.7 Å². The van der Waals surface area contributed by atoms with E-state index in [1.165, 1.54) is 6.92 Å². The van der Waals surface area contributed by atoms with Crippen LogP contribution in [0.25, 0.3) is 0 Å². The zero-order valence-electron chi connectivity index (χ0n) is 19.6. The summed E-state index contributed by atoms with van der Waals surface area (Å²) in [4.78, 5) is 49.6. The Morgan fingerprint density at radius 2 is 1.10 bits per heavy atom. The Balaban J connectivity index is 5.63. The van der Waals surface area contributed by atoms with Crippen molar-refractivity contribution in [1.82, 2.24) is 16.0 Å². The predicted octanol–water partition coefficient (Wildman–Crippen LogP) is -0.0183. The van der Waals surface area contributed by atoms with Gasteiger partial charge in [0.05, 0.1) is 6.10 Å². The molecule has 0 bridgehead atoms. The number of nitrogens with one attached hydrogen (secondary N) is 3. The maximum absolute atomic E-state index is 13.0. The summed E-state index contributed by atoms with van der Waals surface area (Å²) in [5.41, 5.74) is 5.67. The van der Waals surface area contributed by atoms with Gasteiger partial charge in [0, 0.05) is 0 Å². The highest BCUT2D eigenvalue weighted by atomic mass is 16.4. The highest BCUT2D eigenvalue weighted by molar-refractivity contribution is 5.94. The molecular formula is C21H40N4O6. The second-order valence-electron chi connectivity index (χ2n) is 8.58. The summed E-state index contributed by atoms with van der Waals surface area (Å²) >= 11 is 0. The zero-order valence-corrected chi connectivity index (χ0v) is 19.6. The minimum atomic E-state index is -1.20. The Morgan fingerprint density at radius 1 is 0.742 bits per heavy atom. The van der Waals surface area contributed by atoms with Crippen LogP contribution in [0, 0.1) is 17.8 Å². The van der Waals surface area contributed by atoms with Crippen molar-refractivity contribution in [3.05, 3.63) is 0 Å². The van der Waals surface area contributed by atoms with Crippen LogP contribution in [0.2, 0.25) is 0 Å². The molecule has 0 aromatic carbocycles. The summed E-state index contributed by atoms with van der Waals surface area (Å²) in [6, 6.07) is -4.24. The second kappa shape index (κ2) is 13.3. The largest absolute Gasteiger partial charge is 0.480 e. The summed E-state index contributed by atoms with van der Waals surface area (Å²) in [6.45, 7) is 12.0. The number of aliphatic hydroxyl groups excluding tert-OH is 1. The highest BCUT2D eigenvalue weighted by Crippen LogP contribution is 2.13. The molecule has 10 nitrogen and oxygen atoms in total. The highest BCUT2D eigenvalue weighted by Gasteiger charge is 2.35. The molecule has 0 aromatic rings. The smallest absolute Gasteiger partial charge is 0.326 e. The van der Waals surface area contributed by atoms with Gasteiger partial charge in [-0.15, -0.1) is 0 Å². The van der Waals surface area contributed by atoms with Crippen molar-refractivity contribution in [1.29, 1.82) is 0 Å². The number of amides is 3. The molecule has 180 valence electrons.